The third-order valence-corrected chi connectivity index (χ3v) is 3.27. The van der Waals surface area contributed by atoms with Crippen LogP contribution < -0.4 is 0 Å². The number of hydrogen-bond donors (Lipinski definition) is 2. The Bertz CT molecular complexity index is 654. The highest BCUT2D eigenvalue weighted by Gasteiger charge is 1.99. The Hall–Kier alpha value is -2.04. The number of halogens is 2. The van der Waals surface area contributed by atoms with Crippen molar-refractivity contribution in [3.8, 4) is 0 Å². The molecule has 0 saturated carbocycles. The average molecular weight is 355 g/mol. The lowest BCUT2D eigenvalue weighted by Gasteiger charge is -1.97. The van der Waals surface area contributed by atoms with Crippen LogP contribution in [0.5, 0.6) is 0 Å². The second-order valence-corrected chi connectivity index (χ2v) is 5.59. The summed E-state index contributed by atoms with van der Waals surface area (Å²) in [7, 11) is 0. The average Bonchev–Trinajstić information content (AvgIpc) is 2.46. The Labute approximate surface area is 144 Å². The number of aliphatic carboxylic acids is 2. The Kier molecular flexibility index (Phi) is 8.16. The molecule has 0 radical (unpaired) electrons. The number of hydrogen-bond acceptors (Lipinski definition) is 2. The van der Waals surface area contributed by atoms with Crippen LogP contribution >= 0.6 is 23.2 Å². The minimum Gasteiger partial charge on any atom is -0.481 e. The van der Waals surface area contributed by atoms with Crippen molar-refractivity contribution in [2.24, 2.45) is 0 Å². The van der Waals surface area contributed by atoms with Crippen LogP contribution in [0.2, 0.25) is 10.0 Å². The van der Waals surface area contributed by atoms with Crippen LogP contribution in [0, 0.1) is 0 Å². The number of carboxylic acids is 2. The summed E-state index contributed by atoms with van der Waals surface area (Å²) >= 11 is 11.3. The predicted molar refractivity (Wildman–Crippen MR) is 90.2 cm³/mol. The summed E-state index contributed by atoms with van der Waals surface area (Å²) in [5.74, 6) is -1.61. The lowest BCUT2D eigenvalue weighted by molar-refractivity contribution is -0.137. The van der Waals surface area contributed by atoms with Gasteiger partial charge in [-0.15, -0.1) is 0 Å². The summed E-state index contributed by atoms with van der Waals surface area (Å²) in [6.07, 6.45) is 0.759. The van der Waals surface area contributed by atoms with Crippen LogP contribution in [0.1, 0.15) is 17.5 Å². The molecule has 23 heavy (non-hydrogen) atoms. The smallest absolute Gasteiger partial charge is 0.307 e. The highest BCUT2D eigenvalue weighted by atomic mass is 35.5. The predicted octanol–water partition coefficient (Wildman–Crippen LogP) is 4.32. The van der Waals surface area contributed by atoms with Gasteiger partial charge in [0.05, 0.1) is 6.42 Å². The van der Waals surface area contributed by atoms with Crippen molar-refractivity contribution >= 4 is 35.1 Å². The molecule has 0 aliphatic rings. The Morgan fingerprint density at radius 2 is 1.48 bits per heavy atom. The van der Waals surface area contributed by atoms with Gasteiger partial charge in [-0.25, -0.2) is 0 Å². The van der Waals surface area contributed by atoms with Crippen molar-refractivity contribution in [3.05, 3.63) is 69.7 Å². The monoisotopic (exact) mass is 354 g/mol. The van der Waals surface area contributed by atoms with Crippen molar-refractivity contribution in [3.63, 3.8) is 0 Å². The standard InChI is InChI=1S/C9H9ClO2.C8H7ClO2/c10-8-4-1-7(2-5-8)3-6-9(11)12;9-7-3-1-2-6(4-7)5-8(10)11/h1-2,4-5H,3,6H2,(H,11,12);1-4H,5H2,(H,10,11). The van der Waals surface area contributed by atoms with Gasteiger partial charge < -0.3 is 10.2 Å². The van der Waals surface area contributed by atoms with Crippen molar-refractivity contribution in [1.29, 1.82) is 0 Å². The highest BCUT2D eigenvalue weighted by molar-refractivity contribution is 6.30. The molecule has 0 aliphatic carbocycles. The molecule has 6 heteroatoms. The molecule has 0 spiro atoms. The zero-order chi connectivity index (χ0) is 17.2. The van der Waals surface area contributed by atoms with Crippen LogP contribution in [0.15, 0.2) is 48.5 Å². The van der Waals surface area contributed by atoms with Crippen LogP contribution in [0.3, 0.4) is 0 Å². The summed E-state index contributed by atoms with van der Waals surface area (Å²) in [6.45, 7) is 0. The first-order valence-corrected chi connectivity index (χ1v) is 7.55. The summed E-state index contributed by atoms with van der Waals surface area (Å²) < 4.78 is 0. The fraction of sp³-hybridized carbons (Fsp3) is 0.176. The third-order valence-electron chi connectivity index (χ3n) is 2.79. The Morgan fingerprint density at radius 3 is 2.00 bits per heavy atom. The number of aryl methyl sites for hydroxylation is 1. The van der Waals surface area contributed by atoms with Crippen molar-refractivity contribution in [2.75, 3.05) is 0 Å². The minimum absolute atomic E-state index is 0.0283. The molecule has 4 nitrogen and oxygen atoms in total. The molecule has 0 fully saturated rings. The molecule has 0 aromatic heterocycles. The highest BCUT2D eigenvalue weighted by Crippen LogP contribution is 2.11. The molecule has 0 heterocycles. The zero-order valence-electron chi connectivity index (χ0n) is 12.2. The van der Waals surface area contributed by atoms with Gasteiger partial charge >= 0.3 is 11.9 Å². The van der Waals surface area contributed by atoms with E-state index in [4.69, 9.17) is 33.4 Å². The topological polar surface area (TPSA) is 74.6 Å². The van der Waals surface area contributed by atoms with E-state index in [0.29, 0.717) is 16.5 Å². The van der Waals surface area contributed by atoms with E-state index in [2.05, 4.69) is 0 Å². The van der Waals surface area contributed by atoms with Gasteiger partial charge in [-0.3, -0.25) is 9.59 Å². The van der Waals surface area contributed by atoms with Crippen molar-refractivity contribution in [1.82, 2.24) is 0 Å². The zero-order valence-corrected chi connectivity index (χ0v) is 13.7. The summed E-state index contributed by atoms with van der Waals surface area (Å²) in [5, 5.41) is 18.1. The second-order valence-electron chi connectivity index (χ2n) is 4.72. The molecule has 0 atom stereocenters. The van der Waals surface area contributed by atoms with Crippen LogP contribution in [-0.2, 0) is 22.4 Å². The maximum Gasteiger partial charge on any atom is 0.307 e. The van der Waals surface area contributed by atoms with E-state index in [1.165, 1.54) is 0 Å². The number of carboxylic acid groups (broad SMARTS) is 2. The lowest BCUT2D eigenvalue weighted by Crippen LogP contribution is -1.99. The van der Waals surface area contributed by atoms with Gasteiger partial charge in [-0.05, 0) is 41.8 Å². The maximum absolute atomic E-state index is 10.2. The van der Waals surface area contributed by atoms with E-state index in [0.717, 1.165) is 11.1 Å². The van der Waals surface area contributed by atoms with E-state index in [9.17, 15) is 9.59 Å². The summed E-state index contributed by atoms with van der Waals surface area (Å²) in [4.78, 5) is 20.5. The van der Waals surface area contributed by atoms with Crippen molar-refractivity contribution < 1.29 is 19.8 Å². The molecule has 0 bridgehead atoms. The fourth-order valence-corrected chi connectivity index (χ4v) is 2.06. The largest absolute Gasteiger partial charge is 0.481 e. The molecular weight excluding hydrogens is 339 g/mol. The molecule has 0 saturated heterocycles. The first-order chi connectivity index (χ1) is 10.9. The van der Waals surface area contributed by atoms with E-state index in [1.807, 2.05) is 12.1 Å². The van der Waals surface area contributed by atoms with Gasteiger partial charge in [-0.2, -0.15) is 0 Å². The molecule has 2 rings (SSSR count). The van der Waals surface area contributed by atoms with E-state index in [1.54, 1.807) is 36.4 Å². The molecule has 2 aromatic carbocycles. The maximum atomic E-state index is 10.2. The number of rotatable bonds is 5. The van der Waals surface area contributed by atoms with Crippen LogP contribution in [-0.4, -0.2) is 22.2 Å². The number of carbonyl (C=O) groups is 2. The molecule has 2 aromatic rings. The second kappa shape index (κ2) is 9.87. The third kappa shape index (κ3) is 8.86. The summed E-state index contributed by atoms with van der Waals surface area (Å²) in [5.41, 5.74) is 1.73. The molecule has 0 amide bonds. The van der Waals surface area contributed by atoms with Gasteiger partial charge in [-0.1, -0.05) is 47.5 Å². The first-order valence-electron chi connectivity index (χ1n) is 6.79. The molecule has 0 aliphatic heterocycles. The van der Waals surface area contributed by atoms with Gasteiger partial charge in [0.15, 0.2) is 0 Å². The van der Waals surface area contributed by atoms with E-state index < -0.39 is 11.9 Å². The molecule has 122 valence electrons. The molecule has 2 N–H and O–H groups in total. The Balaban J connectivity index is 0.000000231. The van der Waals surface area contributed by atoms with Gasteiger partial charge in [0.2, 0.25) is 0 Å². The fourth-order valence-electron chi connectivity index (χ4n) is 1.72. The molecule has 0 unspecified atom stereocenters. The van der Waals surface area contributed by atoms with Gasteiger partial charge in [0.1, 0.15) is 0 Å². The quantitative estimate of drug-likeness (QED) is 0.837. The van der Waals surface area contributed by atoms with E-state index in [-0.39, 0.29) is 12.8 Å². The summed E-state index contributed by atoms with van der Waals surface area (Å²) in [6, 6.07) is 14.0. The van der Waals surface area contributed by atoms with Crippen LogP contribution in [0.4, 0.5) is 0 Å². The van der Waals surface area contributed by atoms with Crippen LogP contribution in [0.25, 0.3) is 0 Å². The van der Waals surface area contributed by atoms with Gasteiger partial charge in [0, 0.05) is 16.5 Å². The van der Waals surface area contributed by atoms with Crippen molar-refractivity contribution in [2.45, 2.75) is 19.3 Å². The SMILES string of the molecule is O=C(O)CCc1ccc(Cl)cc1.O=C(O)Cc1cccc(Cl)c1. The first kappa shape index (κ1) is 19.0. The van der Waals surface area contributed by atoms with Gasteiger partial charge in [0.25, 0.3) is 0 Å². The van der Waals surface area contributed by atoms with E-state index >= 15 is 0 Å². The normalized spacial score (nSPS) is 9.65. The number of benzene rings is 2. The molecular formula is C17H16Cl2O4. The minimum atomic E-state index is -0.840. The Morgan fingerprint density at radius 1 is 0.826 bits per heavy atom. The lowest BCUT2D eigenvalue weighted by atomic mass is 10.1.